The zero-order valence-corrected chi connectivity index (χ0v) is 18.0. The zero-order valence-electron chi connectivity index (χ0n) is 18.0. The molecular formula is C24H26N6O2. The number of aryl methyl sites for hydroxylation is 1. The summed E-state index contributed by atoms with van der Waals surface area (Å²) in [5, 5.41) is 10.3. The number of nitrogens with zero attached hydrogens (tertiary/aromatic N) is 5. The summed E-state index contributed by atoms with van der Waals surface area (Å²) in [6.07, 6.45) is 5.25. The third kappa shape index (κ3) is 3.51. The molecule has 3 aromatic heterocycles. The molecule has 0 radical (unpaired) electrons. The Bertz CT molecular complexity index is 1290. The predicted octanol–water partition coefficient (Wildman–Crippen LogP) is 4.18. The van der Waals surface area contributed by atoms with Gasteiger partial charge in [-0.15, -0.1) is 0 Å². The fraction of sp³-hybridized carbons (Fsp3) is 0.333. The monoisotopic (exact) mass is 430 g/mol. The van der Waals surface area contributed by atoms with E-state index in [0.29, 0.717) is 24.8 Å². The van der Waals surface area contributed by atoms with E-state index < -0.39 is 6.09 Å². The highest BCUT2D eigenvalue weighted by Crippen LogP contribution is 2.33. The molecule has 1 aliphatic rings. The van der Waals surface area contributed by atoms with Crippen LogP contribution in [-0.4, -0.2) is 48.7 Å². The van der Waals surface area contributed by atoms with E-state index in [-0.39, 0.29) is 0 Å². The third-order valence-electron chi connectivity index (χ3n) is 6.42. The number of benzene rings is 1. The van der Waals surface area contributed by atoms with Crippen LogP contribution in [0.1, 0.15) is 25.6 Å². The first-order chi connectivity index (χ1) is 15.5. The second kappa shape index (κ2) is 8.11. The topological polar surface area (TPSA) is 110 Å². The number of amides is 1. The minimum atomic E-state index is -0.833. The standard InChI is InChI=1S/C24H26N6O2/c1-2-20-28-21-22(30(20)14-15-7-10-29(11-8-15)24(31)32)18-6-5-16(12-19(18)27-23(21)25)17-4-3-9-26-13-17/h3-6,9,12-13,15H,2,7-8,10-11,14H2,1H3,(H2,25,27)(H,31,32). The molecule has 1 aromatic carbocycles. The number of anilines is 1. The number of imidazole rings is 1. The first-order valence-electron chi connectivity index (χ1n) is 11.0. The number of hydrogen-bond acceptors (Lipinski definition) is 5. The minimum Gasteiger partial charge on any atom is -0.465 e. The number of piperidine rings is 1. The highest BCUT2D eigenvalue weighted by atomic mass is 16.4. The van der Waals surface area contributed by atoms with E-state index in [2.05, 4.69) is 39.7 Å². The second-order valence-corrected chi connectivity index (χ2v) is 8.37. The summed E-state index contributed by atoms with van der Waals surface area (Å²) in [6.45, 7) is 4.05. The number of likely N-dealkylation sites (tertiary alicyclic amines) is 1. The van der Waals surface area contributed by atoms with Crippen molar-refractivity contribution in [1.29, 1.82) is 0 Å². The van der Waals surface area contributed by atoms with Crippen LogP contribution in [0.4, 0.5) is 10.6 Å². The first kappa shape index (κ1) is 20.2. The van der Waals surface area contributed by atoms with Crippen molar-refractivity contribution in [3.63, 3.8) is 0 Å². The van der Waals surface area contributed by atoms with Crippen LogP contribution >= 0.6 is 0 Å². The van der Waals surface area contributed by atoms with Gasteiger partial charge in [-0.3, -0.25) is 4.98 Å². The number of nitrogens with two attached hydrogens (primary N) is 1. The van der Waals surface area contributed by atoms with Gasteiger partial charge in [0, 0.05) is 49.4 Å². The van der Waals surface area contributed by atoms with E-state index in [0.717, 1.165) is 64.7 Å². The molecule has 1 saturated heterocycles. The number of carbonyl (C=O) groups is 1. The van der Waals surface area contributed by atoms with Gasteiger partial charge >= 0.3 is 6.09 Å². The van der Waals surface area contributed by atoms with Crippen LogP contribution in [0.5, 0.6) is 0 Å². The van der Waals surface area contributed by atoms with Gasteiger partial charge in [0.15, 0.2) is 5.82 Å². The molecule has 0 atom stereocenters. The lowest BCUT2D eigenvalue weighted by molar-refractivity contribution is 0.121. The summed E-state index contributed by atoms with van der Waals surface area (Å²) < 4.78 is 2.28. The molecule has 8 nitrogen and oxygen atoms in total. The number of aromatic nitrogens is 4. The normalized spacial score (nSPS) is 15.0. The molecular weight excluding hydrogens is 404 g/mol. The third-order valence-corrected chi connectivity index (χ3v) is 6.42. The fourth-order valence-corrected chi connectivity index (χ4v) is 4.70. The lowest BCUT2D eigenvalue weighted by atomic mass is 9.96. The smallest absolute Gasteiger partial charge is 0.407 e. The summed E-state index contributed by atoms with van der Waals surface area (Å²) in [4.78, 5) is 26.5. The molecule has 32 heavy (non-hydrogen) atoms. The second-order valence-electron chi connectivity index (χ2n) is 8.37. The molecule has 5 rings (SSSR count). The van der Waals surface area contributed by atoms with Crippen LogP contribution in [0.3, 0.4) is 0 Å². The molecule has 4 aromatic rings. The Hall–Kier alpha value is -3.68. The van der Waals surface area contributed by atoms with Gasteiger partial charge < -0.3 is 20.3 Å². The average Bonchev–Trinajstić information content (AvgIpc) is 3.19. The summed E-state index contributed by atoms with van der Waals surface area (Å²) in [5.41, 5.74) is 11.0. The van der Waals surface area contributed by atoms with Gasteiger partial charge in [0.2, 0.25) is 0 Å². The van der Waals surface area contributed by atoms with E-state index in [1.165, 1.54) is 4.90 Å². The van der Waals surface area contributed by atoms with Gasteiger partial charge in [0.1, 0.15) is 11.3 Å². The molecule has 1 amide bonds. The van der Waals surface area contributed by atoms with Crippen molar-refractivity contribution >= 4 is 33.8 Å². The van der Waals surface area contributed by atoms with Crippen molar-refractivity contribution in [2.45, 2.75) is 32.7 Å². The number of fused-ring (bicyclic) bond motifs is 3. The number of carboxylic acid groups (broad SMARTS) is 1. The summed E-state index contributed by atoms with van der Waals surface area (Å²) in [5.74, 6) is 1.82. The molecule has 0 saturated carbocycles. The van der Waals surface area contributed by atoms with E-state index in [1.54, 1.807) is 6.20 Å². The number of hydrogen-bond donors (Lipinski definition) is 2. The van der Waals surface area contributed by atoms with E-state index in [1.807, 2.05) is 18.3 Å². The largest absolute Gasteiger partial charge is 0.465 e. The Morgan fingerprint density at radius 1 is 1.19 bits per heavy atom. The maximum atomic E-state index is 11.3. The van der Waals surface area contributed by atoms with Crippen molar-refractivity contribution in [2.75, 3.05) is 18.8 Å². The molecule has 0 spiro atoms. The Morgan fingerprint density at radius 3 is 2.69 bits per heavy atom. The quantitative estimate of drug-likeness (QED) is 0.502. The van der Waals surface area contributed by atoms with Crippen molar-refractivity contribution in [3.05, 3.63) is 48.5 Å². The molecule has 164 valence electrons. The maximum absolute atomic E-state index is 11.3. The molecule has 0 aliphatic carbocycles. The van der Waals surface area contributed by atoms with Crippen LogP contribution in [0, 0.1) is 5.92 Å². The summed E-state index contributed by atoms with van der Waals surface area (Å²) >= 11 is 0. The van der Waals surface area contributed by atoms with Gasteiger partial charge in [-0.25, -0.2) is 14.8 Å². The van der Waals surface area contributed by atoms with Crippen molar-refractivity contribution in [2.24, 2.45) is 5.92 Å². The SMILES string of the molecule is CCc1nc2c(N)nc3cc(-c4cccnc4)ccc3c2n1CC1CCN(C(=O)O)CC1. The van der Waals surface area contributed by atoms with Crippen LogP contribution in [0.25, 0.3) is 33.1 Å². The molecule has 0 unspecified atom stereocenters. The molecule has 4 heterocycles. The van der Waals surface area contributed by atoms with E-state index in [4.69, 9.17) is 10.7 Å². The van der Waals surface area contributed by atoms with E-state index >= 15 is 0 Å². The van der Waals surface area contributed by atoms with Gasteiger partial charge in [0.05, 0.1) is 11.0 Å². The lowest BCUT2D eigenvalue weighted by Gasteiger charge is -2.30. The van der Waals surface area contributed by atoms with Gasteiger partial charge in [-0.1, -0.05) is 25.1 Å². The Balaban J connectivity index is 1.58. The molecule has 8 heteroatoms. The minimum absolute atomic E-state index is 0.396. The Labute approximate surface area is 185 Å². The highest BCUT2D eigenvalue weighted by Gasteiger charge is 2.25. The summed E-state index contributed by atoms with van der Waals surface area (Å²) in [6, 6.07) is 10.2. The van der Waals surface area contributed by atoms with Crippen molar-refractivity contribution in [1.82, 2.24) is 24.4 Å². The van der Waals surface area contributed by atoms with E-state index in [9.17, 15) is 9.90 Å². The highest BCUT2D eigenvalue weighted by molar-refractivity contribution is 6.07. The molecule has 1 fully saturated rings. The zero-order chi connectivity index (χ0) is 22.2. The Morgan fingerprint density at radius 2 is 2.00 bits per heavy atom. The average molecular weight is 431 g/mol. The number of nitrogen functional groups attached to an aromatic ring is 1. The number of pyridine rings is 2. The molecule has 0 bridgehead atoms. The number of rotatable bonds is 4. The molecule has 1 aliphatic heterocycles. The van der Waals surface area contributed by atoms with Gasteiger partial charge in [-0.05, 0) is 36.5 Å². The lowest BCUT2D eigenvalue weighted by Crippen LogP contribution is -2.38. The van der Waals surface area contributed by atoms with Crippen LogP contribution < -0.4 is 5.73 Å². The molecule has 3 N–H and O–H groups in total. The first-order valence-corrected chi connectivity index (χ1v) is 11.0. The van der Waals surface area contributed by atoms with Crippen LogP contribution in [0.2, 0.25) is 0 Å². The predicted molar refractivity (Wildman–Crippen MR) is 124 cm³/mol. The van der Waals surface area contributed by atoms with Crippen LogP contribution in [-0.2, 0) is 13.0 Å². The Kier molecular flexibility index (Phi) is 5.13. The van der Waals surface area contributed by atoms with Crippen molar-refractivity contribution in [3.8, 4) is 11.1 Å². The fourth-order valence-electron chi connectivity index (χ4n) is 4.70. The van der Waals surface area contributed by atoms with Gasteiger partial charge in [0.25, 0.3) is 0 Å². The van der Waals surface area contributed by atoms with Gasteiger partial charge in [-0.2, -0.15) is 0 Å². The summed E-state index contributed by atoms with van der Waals surface area (Å²) in [7, 11) is 0. The van der Waals surface area contributed by atoms with Crippen molar-refractivity contribution < 1.29 is 9.90 Å². The maximum Gasteiger partial charge on any atom is 0.407 e. The van der Waals surface area contributed by atoms with Crippen LogP contribution in [0.15, 0.2) is 42.7 Å².